The van der Waals surface area contributed by atoms with Crippen LogP contribution in [-0.4, -0.2) is 23.2 Å². The quantitative estimate of drug-likeness (QED) is 0.566. The second kappa shape index (κ2) is 10.5. The van der Waals surface area contributed by atoms with E-state index in [2.05, 4.69) is 4.98 Å². The molecule has 0 bridgehead atoms. The molecule has 1 aromatic heterocycles. The SMILES string of the molecule is O=C(COc1ccc(Cl)c(F)c1)CC1CCC(CCC(=O)c2cc[nH]c(=O)c2)CC1. The van der Waals surface area contributed by atoms with Gasteiger partial charge in [0.1, 0.15) is 18.2 Å². The lowest BCUT2D eigenvalue weighted by Crippen LogP contribution is -2.21. The summed E-state index contributed by atoms with van der Waals surface area (Å²) in [4.78, 5) is 38.3. The summed E-state index contributed by atoms with van der Waals surface area (Å²) in [6.45, 7) is -0.0777. The first-order valence-corrected chi connectivity index (χ1v) is 10.6. The van der Waals surface area contributed by atoms with Gasteiger partial charge in [-0.1, -0.05) is 24.4 Å². The van der Waals surface area contributed by atoms with Gasteiger partial charge in [-0.15, -0.1) is 0 Å². The van der Waals surface area contributed by atoms with E-state index < -0.39 is 5.82 Å². The lowest BCUT2D eigenvalue weighted by Gasteiger charge is -2.28. The topological polar surface area (TPSA) is 76.2 Å². The molecular weight excluding hydrogens is 409 g/mol. The highest BCUT2D eigenvalue weighted by molar-refractivity contribution is 6.30. The molecule has 1 aliphatic rings. The second-order valence-electron chi connectivity index (χ2n) is 7.90. The van der Waals surface area contributed by atoms with Crippen LogP contribution < -0.4 is 10.3 Å². The maximum Gasteiger partial charge on any atom is 0.248 e. The minimum Gasteiger partial charge on any atom is -0.486 e. The van der Waals surface area contributed by atoms with Crippen molar-refractivity contribution in [1.82, 2.24) is 4.98 Å². The number of aromatic nitrogens is 1. The third-order valence-corrected chi connectivity index (χ3v) is 5.96. The molecule has 1 heterocycles. The molecule has 1 fully saturated rings. The molecule has 1 N–H and O–H groups in total. The van der Waals surface area contributed by atoms with E-state index in [-0.39, 0.29) is 28.8 Å². The first-order valence-electron chi connectivity index (χ1n) is 10.2. The van der Waals surface area contributed by atoms with Crippen LogP contribution in [0, 0.1) is 17.7 Å². The zero-order chi connectivity index (χ0) is 21.5. The average Bonchev–Trinajstić information content (AvgIpc) is 2.74. The monoisotopic (exact) mass is 433 g/mol. The van der Waals surface area contributed by atoms with Crippen LogP contribution in [0.3, 0.4) is 0 Å². The summed E-state index contributed by atoms with van der Waals surface area (Å²) < 4.78 is 18.8. The molecule has 7 heteroatoms. The number of carbonyl (C=O) groups excluding carboxylic acids is 2. The molecule has 0 saturated heterocycles. The molecule has 0 spiro atoms. The molecule has 160 valence electrons. The first kappa shape index (κ1) is 22.2. The van der Waals surface area contributed by atoms with Crippen LogP contribution in [0.15, 0.2) is 41.3 Å². The number of ketones is 2. The van der Waals surface area contributed by atoms with Crippen LogP contribution in [0.25, 0.3) is 0 Å². The van der Waals surface area contributed by atoms with E-state index in [4.69, 9.17) is 16.3 Å². The summed E-state index contributed by atoms with van der Waals surface area (Å²) in [6.07, 6.45) is 7.06. The van der Waals surface area contributed by atoms with Crippen LogP contribution in [-0.2, 0) is 4.79 Å². The summed E-state index contributed by atoms with van der Waals surface area (Å²) in [6, 6.07) is 7.08. The van der Waals surface area contributed by atoms with Gasteiger partial charge in [-0.2, -0.15) is 0 Å². The molecule has 0 aliphatic heterocycles. The van der Waals surface area contributed by atoms with Crippen LogP contribution >= 0.6 is 11.6 Å². The van der Waals surface area contributed by atoms with E-state index in [1.807, 2.05) is 0 Å². The molecule has 5 nitrogen and oxygen atoms in total. The number of aromatic amines is 1. The fourth-order valence-corrected chi connectivity index (χ4v) is 4.05. The average molecular weight is 434 g/mol. The van der Waals surface area contributed by atoms with E-state index in [1.54, 1.807) is 6.07 Å². The lowest BCUT2D eigenvalue weighted by atomic mass is 9.78. The molecule has 3 rings (SSSR count). The van der Waals surface area contributed by atoms with Gasteiger partial charge in [0.2, 0.25) is 5.56 Å². The third kappa shape index (κ3) is 6.52. The van der Waals surface area contributed by atoms with Gasteiger partial charge in [0.15, 0.2) is 11.6 Å². The standard InChI is InChI=1S/C23H25ClFNO4/c24-20-7-6-19(13-21(20)25)30-14-18(27)11-16-3-1-15(2-4-16)5-8-22(28)17-9-10-26-23(29)12-17/h6-7,9-10,12-13,15-16H,1-5,8,11,14H2,(H,26,29). The van der Waals surface area contributed by atoms with E-state index in [1.165, 1.54) is 30.5 Å². The largest absolute Gasteiger partial charge is 0.486 e. The highest BCUT2D eigenvalue weighted by Gasteiger charge is 2.24. The number of H-pyrrole nitrogens is 1. The number of benzene rings is 1. The lowest BCUT2D eigenvalue weighted by molar-refractivity contribution is -0.122. The molecule has 1 aromatic carbocycles. The smallest absolute Gasteiger partial charge is 0.248 e. The van der Waals surface area contributed by atoms with E-state index in [0.717, 1.165) is 32.1 Å². The van der Waals surface area contributed by atoms with Crippen molar-refractivity contribution in [2.45, 2.75) is 44.9 Å². The van der Waals surface area contributed by atoms with Crippen molar-refractivity contribution in [2.24, 2.45) is 11.8 Å². The number of ether oxygens (including phenoxy) is 1. The van der Waals surface area contributed by atoms with Crippen molar-refractivity contribution in [3.63, 3.8) is 0 Å². The molecular formula is C23H25ClFNO4. The summed E-state index contributed by atoms with van der Waals surface area (Å²) in [5.41, 5.74) is 0.190. The number of hydrogen-bond donors (Lipinski definition) is 1. The van der Waals surface area contributed by atoms with E-state index in [0.29, 0.717) is 36.0 Å². The van der Waals surface area contributed by atoms with Crippen LogP contribution in [0.1, 0.15) is 55.3 Å². The Bertz CT molecular complexity index is 950. The maximum atomic E-state index is 13.4. The highest BCUT2D eigenvalue weighted by Crippen LogP contribution is 2.33. The van der Waals surface area contributed by atoms with Gasteiger partial charge in [-0.3, -0.25) is 14.4 Å². The zero-order valence-electron chi connectivity index (χ0n) is 16.7. The summed E-state index contributed by atoms with van der Waals surface area (Å²) in [7, 11) is 0. The third-order valence-electron chi connectivity index (χ3n) is 5.65. The zero-order valence-corrected chi connectivity index (χ0v) is 17.4. The van der Waals surface area contributed by atoms with Crippen molar-refractivity contribution in [3.05, 3.63) is 63.3 Å². The minimum absolute atomic E-state index is 0.00159. The fraction of sp³-hybridized carbons (Fsp3) is 0.435. The Morgan fingerprint density at radius 2 is 1.83 bits per heavy atom. The van der Waals surface area contributed by atoms with Crippen LogP contribution in [0.5, 0.6) is 5.75 Å². The number of carbonyl (C=O) groups is 2. The number of hydrogen-bond acceptors (Lipinski definition) is 4. The van der Waals surface area contributed by atoms with Gasteiger partial charge in [0.25, 0.3) is 0 Å². The molecule has 1 aliphatic carbocycles. The molecule has 0 amide bonds. The Balaban J connectivity index is 1.35. The predicted octanol–water partition coefficient (Wildman–Crippen LogP) is 4.97. The Kier molecular flexibility index (Phi) is 7.80. The second-order valence-corrected chi connectivity index (χ2v) is 8.30. The number of Topliss-reactive ketones (excluding diaryl/α,β-unsaturated/α-hetero) is 2. The maximum absolute atomic E-state index is 13.4. The fourth-order valence-electron chi connectivity index (χ4n) is 3.93. The Labute approximate surface area is 179 Å². The number of rotatable bonds is 9. The van der Waals surface area contributed by atoms with Crippen LogP contribution in [0.2, 0.25) is 5.02 Å². The summed E-state index contributed by atoms with van der Waals surface area (Å²) in [5, 5.41) is 0.0181. The molecule has 30 heavy (non-hydrogen) atoms. The van der Waals surface area contributed by atoms with Gasteiger partial charge in [-0.05, 0) is 49.3 Å². The Hall–Kier alpha value is -2.47. The van der Waals surface area contributed by atoms with Crippen molar-refractivity contribution >= 4 is 23.2 Å². The van der Waals surface area contributed by atoms with Gasteiger partial charge in [0, 0.05) is 36.7 Å². The normalized spacial score (nSPS) is 18.7. The summed E-state index contributed by atoms with van der Waals surface area (Å²) in [5.74, 6) is 0.502. The number of pyridine rings is 1. The molecule has 0 radical (unpaired) electrons. The minimum atomic E-state index is -0.572. The molecule has 0 unspecified atom stereocenters. The molecule has 1 saturated carbocycles. The Morgan fingerprint density at radius 3 is 2.53 bits per heavy atom. The van der Waals surface area contributed by atoms with Gasteiger partial charge in [0.05, 0.1) is 5.02 Å². The predicted molar refractivity (Wildman–Crippen MR) is 113 cm³/mol. The summed E-state index contributed by atoms with van der Waals surface area (Å²) >= 11 is 5.63. The molecule has 0 atom stereocenters. The number of halogens is 2. The number of nitrogens with one attached hydrogen (secondary N) is 1. The highest BCUT2D eigenvalue weighted by atomic mass is 35.5. The Morgan fingerprint density at radius 1 is 1.10 bits per heavy atom. The van der Waals surface area contributed by atoms with Gasteiger partial charge in [-0.25, -0.2) is 4.39 Å². The van der Waals surface area contributed by atoms with Gasteiger partial charge < -0.3 is 9.72 Å². The van der Waals surface area contributed by atoms with Crippen molar-refractivity contribution < 1.29 is 18.7 Å². The van der Waals surface area contributed by atoms with Crippen molar-refractivity contribution in [3.8, 4) is 5.75 Å². The van der Waals surface area contributed by atoms with E-state index >= 15 is 0 Å². The van der Waals surface area contributed by atoms with Crippen molar-refractivity contribution in [1.29, 1.82) is 0 Å². The van der Waals surface area contributed by atoms with E-state index in [9.17, 15) is 18.8 Å². The van der Waals surface area contributed by atoms with Crippen molar-refractivity contribution in [2.75, 3.05) is 6.61 Å². The van der Waals surface area contributed by atoms with Crippen LogP contribution in [0.4, 0.5) is 4.39 Å². The first-order chi connectivity index (χ1) is 14.4. The van der Waals surface area contributed by atoms with Gasteiger partial charge >= 0.3 is 0 Å². The molecule has 2 aromatic rings.